The number of nitrogens with zero attached hydrogens (tertiary/aromatic N) is 2. The number of H-pyrrole nitrogens is 1. The second-order valence-corrected chi connectivity index (χ2v) is 5.99. The summed E-state index contributed by atoms with van der Waals surface area (Å²) in [7, 11) is 0. The molecule has 0 radical (unpaired) electrons. The molecule has 1 heterocycles. The molecule has 0 aromatic carbocycles. The number of nitrogens with one attached hydrogen (secondary N) is 1. The summed E-state index contributed by atoms with van der Waals surface area (Å²) in [6, 6.07) is 0.393. The van der Waals surface area contributed by atoms with Crippen molar-refractivity contribution in [3.8, 4) is 0 Å². The zero-order chi connectivity index (χ0) is 12.6. The molecule has 1 aromatic rings. The maximum absolute atomic E-state index is 11.8. The van der Waals surface area contributed by atoms with Crippen molar-refractivity contribution in [2.75, 3.05) is 6.54 Å². The van der Waals surface area contributed by atoms with Gasteiger partial charge in [0.25, 0.3) is 0 Å². The summed E-state index contributed by atoms with van der Waals surface area (Å²) in [6.07, 6.45) is 9.27. The Bertz CT molecular complexity index is 466. The van der Waals surface area contributed by atoms with Gasteiger partial charge in [0.05, 0.1) is 0 Å². The topological polar surface area (TPSA) is 76.7 Å². The number of nitrogens with two attached hydrogens (primary N) is 1. The molecule has 18 heavy (non-hydrogen) atoms. The molecule has 0 atom stereocenters. The van der Waals surface area contributed by atoms with Crippen molar-refractivity contribution < 1.29 is 0 Å². The summed E-state index contributed by atoms with van der Waals surface area (Å²) in [5.74, 6) is 0.926. The molecule has 0 amide bonds. The van der Waals surface area contributed by atoms with Crippen LogP contribution in [-0.2, 0) is 6.42 Å². The van der Waals surface area contributed by atoms with Crippen molar-refractivity contribution in [2.24, 2.45) is 11.1 Å². The number of aromatic nitrogens is 3. The van der Waals surface area contributed by atoms with Crippen molar-refractivity contribution in [2.45, 2.75) is 57.4 Å². The second-order valence-electron chi connectivity index (χ2n) is 5.99. The zero-order valence-corrected chi connectivity index (χ0v) is 10.8. The quantitative estimate of drug-likeness (QED) is 0.847. The predicted octanol–water partition coefficient (Wildman–Crippen LogP) is 1.36. The van der Waals surface area contributed by atoms with Gasteiger partial charge in [0.1, 0.15) is 5.82 Å². The Labute approximate surface area is 107 Å². The average Bonchev–Trinajstić information content (AvgIpc) is 3.16. The van der Waals surface area contributed by atoms with Crippen LogP contribution in [0, 0.1) is 5.41 Å². The van der Waals surface area contributed by atoms with Crippen molar-refractivity contribution in [3.63, 3.8) is 0 Å². The molecule has 3 N–H and O–H groups in total. The Kier molecular flexibility index (Phi) is 3.01. The minimum absolute atomic E-state index is 0.0459. The van der Waals surface area contributed by atoms with Gasteiger partial charge in [-0.15, -0.1) is 0 Å². The molecule has 2 fully saturated rings. The van der Waals surface area contributed by atoms with E-state index in [-0.39, 0.29) is 11.1 Å². The third-order valence-corrected chi connectivity index (χ3v) is 4.57. The van der Waals surface area contributed by atoms with Gasteiger partial charge in [0.2, 0.25) is 0 Å². The van der Waals surface area contributed by atoms with Crippen molar-refractivity contribution in [1.82, 2.24) is 14.8 Å². The molecule has 5 heteroatoms. The Morgan fingerprint density at radius 1 is 1.33 bits per heavy atom. The van der Waals surface area contributed by atoms with Crippen LogP contribution in [0.2, 0.25) is 0 Å². The average molecular weight is 250 g/mol. The predicted molar refractivity (Wildman–Crippen MR) is 69.4 cm³/mol. The molecule has 0 spiro atoms. The third kappa shape index (κ3) is 2.11. The van der Waals surface area contributed by atoms with Crippen LogP contribution in [0.3, 0.4) is 0 Å². The fourth-order valence-corrected chi connectivity index (χ4v) is 3.26. The van der Waals surface area contributed by atoms with E-state index in [1.165, 1.54) is 32.1 Å². The summed E-state index contributed by atoms with van der Waals surface area (Å²) in [5, 5.41) is 6.84. The molecule has 2 aliphatic carbocycles. The fraction of sp³-hybridized carbons (Fsp3) is 0.846. The first kappa shape index (κ1) is 12.0. The van der Waals surface area contributed by atoms with Gasteiger partial charge >= 0.3 is 5.69 Å². The SMILES string of the molecule is NCC1(Cc2n[nH]c(=O)n2C2CC2)CCCCC1. The van der Waals surface area contributed by atoms with E-state index in [2.05, 4.69) is 10.2 Å². The number of hydrogen-bond donors (Lipinski definition) is 2. The highest BCUT2D eigenvalue weighted by Gasteiger charge is 2.35. The minimum atomic E-state index is -0.0459. The highest BCUT2D eigenvalue weighted by Crippen LogP contribution is 2.40. The highest BCUT2D eigenvalue weighted by atomic mass is 16.1. The zero-order valence-electron chi connectivity index (χ0n) is 10.8. The first-order chi connectivity index (χ1) is 8.74. The number of rotatable bonds is 4. The molecule has 0 unspecified atom stereocenters. The summed E-state index contributed by atoms with van der Waals surface area (Å²) in [4.78, 5) is 11.8. The van der Waals surface area contributed by atoms with E-state index in [9.17, 15) is 4.79 Å². The van der Waals surface area contributed by atoms with Gasteiger partial charge in [-0.2, -0.15) is 5.10 Å². The molecule has 100 valence electrons. The van der Waals surface area contributed by atoms with Gasteiger partial charge in [-0.25, -0.2) is 9.89 Å². The van der Waals surface area contributed by atoms with Gasteiger partial charge in [0.15, 0.2) is 0 Å². The molecular weight excluding hydrogens is 228 g/mol. The van der Waals surface area contributed by atoms with E-state index in [0.717, 1.165) is 25.1 Å². The van der Waals surface area contributed by atoms with Crippen molar-refractivity contribution in [1.29, 1.82) is 0 Å². The van der Waals surface area contributed by atoms with Crippen LogP contribution in [-0.4, -0.2) is 21.3 Å². The summed E-state index contributed by atoms with van der Waals surface area (Å²) < 4.78 is 1.87. The van der Waals surface area contributed by atoms with Gasteiger partial charge in [0, 0.05) is 12.5 Å². The smallest absolute Gasteiger partial charge is 0.330 e. The van der Waals surface area contributed by atoms with Gasteiger partial charge in [-0.05, 0) is 37.6 Å². The van der Waals surface area contributed by atoms with E-state index in [0.29, 0.717) is 12.6 Å². The van der Waals surface area contributed by atoms with E-state index >= 15 is 0 Å². The first-order valence-electron chi connectivity index (χ1n) is 7.10. The highest BCUT2D eigenvalue weighted by molar-refractivity contribution is 5.01. The Morgan fingerprint density at radius 3 is 2.67 bits per heavy atom. The van der Waals surface area contributed by atoms with Gasteiger partial charge < -0.3 is 5.73 Å². The second kappa shape index (κ2) is 4.53. The Balaban J connectivity index is 1.84. The maximum Gasteiger partial charge on any atom is 0.343 e. The van der Waals surface area contributed by atoms with Gasteiger partial charge in [-0.1, -0.05) is 19.3 Å². The maximum atomic E-state index is 11.8. The van der Waals surface area contributed by atoms with Crippen LogP contribution in [0.25, 0.3) is 0 Å². The van der Waals surface area contributed by atoms with Crippen molar-refractivity contribution >= 4 is 0 Å². The first-order valence-corrected chi connectivity index (χ1v) is 7.10. The fourth-order valence-electron chi connectivity index (χ4n) is 3.26. The molecule has 3 rings (SSSR count). The minimum Gasteiger partial charge on any atom is -0.330 e. The third-order valence-electron chi connectivity index (χ3n) is 4.57. The lowest BCUT2D eigenvalue weighted by Crippen LogP contribution is -2.36. The van der Waals surface area contributed by atoms with E-state index < -0.39 is 0 Å². The standard InChI is InChI=1S/C13H22N4O/c14-9-13(6-2-1-3-7-13)8-11-15-16-12(18)17(11)10-4-5-10/h10H,1-9,14H2,(H,16,18). The largest absolute Gasteiger partial charge is 0.343 e. The van der Waals surface area contributed by atoms with Crippen molar-refractivity contribution in [3.05, 3.63) is 16.3 Å². The van der Waals surface area contributed by atoms with Gasteiger partial charge in [-0.3, -0.25) is 4.57 Å². The summed E-state index contributed by atoms with van der Waals surface area (Å²) in [6.45, 7) is 0.707. The number of aromatic amines is 1. The monoisotopic (exact) mass is 250 g/mol. The van der Waals surface area contributed by atoms with Crippen LogP contribution in [0.1, 0.15) is 56.8 Å². The Hall–Kier alpha value is -1.10. The van der Waals surface area contributed by atoms with E-state index in [1.807, 2.05) is 4.57 Å². The lowest BCUT2D eigenvalue weighted by atomic mass is 9.71. The van der Waals surface area contributed by atoms with Crippen LogP contribution >= 0.6 is 0 Å². The van der Waals surface area contributed by atoms with E-state index in [4.69, 9.17) is 5.73 Å². The van der Waals surface area contributed by atoms with E-state index in [1.54, 1.807) is 0 Å². The Morgan fingerprint density at radius 2 is 2.06 bits per heavy atom. The lowest BCUT2D eigenvalue weighted by molar-refractivity contribution is 0.191. The van der Waals surface area contributed by atoms with Crippen LogP contribution in [0.4, 0.5) is 0 Å². The van der Waals surface area contributed by atoms with Crippen LogP contribution in [0.15, 0.2) is 4.79 Å². The number of hydrogen-bond acceptors (Lipinski definition) is 3. The van der Waals surface area contributed by atoms with Crippen LogP contribution < -0.4 is 11.4 Å². The lowest BCUT2D eigenvalue weighted by Gasteiger charge is -2.35. The summed E-state index contributed by atoms with van der Waals surface area (Å²) >= 11 is 0. The molecule has 2 aliphatic rings. The molecule has 5 nitrogen and oxygen atoms in total. The molecule has 0 saturated heterocycles. The molecule has 2 saturated carbocycles. The summed E-state index contributed by atoms with van der Waals surface area (Å²) in [5.41, 5.74) is 6.14. The molecular formula is C13H22N4O. The normalized spacial score (nSPS) is 23.2. The molecule has 0 aliphatic heterocycles. The van der Waals surface area contributed by atoms with Crippen LogP contribution in [0.5, 0.6) is 0 Å². The molecule has 0 bridgehead atoms. The molecule has 1 aromatic heterocycles.